The topological polar surface area (TPSA) is 39.7 Å². The zero-order valence-corrected chi connectivity index (χ0v) is 10.2. The molecule has 0 amide bonds. The molecule has 4 nitrogen and oxygen atoms in total. The quantitative estimate of drug-likeness (QED) is 0.859. The Morgan fingerprint density at radius 1 is 1.25 bits per heavy atom. The third-order valence-electron chi connectivity index (χ3n) is 2.44. The van der Waals surface area contributed by atoms with E-state index in [1.165, 1.54) is 0 Å². The van der Waals surface area contributed by atoms with Gasteiger partial charge in [-0.15, -0.1) is 12.4 Å². The van der Waals surface area contributed by atoms with Crippen molar-refractivity contribution in [2.75, 3.05) is 27.4 Å². The number of halogens is 1. The molecule has 1 aromatic carbocycles. The van der Waals surface area contributed by atoms with Gasteiger partial charge in [0.05, 0.1) is 19.8 Å². The molecule has 1 N–H and O–H groups in total. The molecule has 2 rings (SSSR count). The molecule has 16 heavy (non-hydrogen) atoms. The maximum atomic E-state index is 5.61. The Bertz CT molecular complexity index is 357. The number of hydrogen-bond donors (Lipinski definition) is 1. The molecule has 0 unspecified atom stereocenters. The van der Waals surface area contributed by atoms with E-state index in [0.29, 0.717) is 6.61 Å². The molecule has 1 aromatic rings. The van der Waals surface area contributed by atoms with Crippen LogP contribution in [0.25, 0.3) is 0 Å². The van der Waals surface area contributed by atoms with Crippen molar-refractivity contribution in [2.45, 2.75) is 6.54 Å². The summed E-state index contributed by atoms with van der Waals surface area (Å²) >= 11 is 0. The van der Waals surface area contributed by atoms with Gasteiger partial charge < -0.3 is 19.5 Å². The Morgan fingerprint density at radius 2 is 2.06 bits per heavy atom. The fourth-order valence-corrected chi connectivity index (χ4v) is 1.65. The first-order chi connectivity index (χ1) is 7.35. The van der Waals surface area contributed by atoms with Crippen LogP contribution < -0.4 is 19.5 Å². The van der Waals surface area contributed by atoms with Gasteiger partial charge in [0, 0.05) is 25.2 Å². The van der Waals surface area contributed by atoms with Crippen molar-refractivity contribution < 1.29 is 14.2 Å². The summed E-state index contributed by atoms with van der Waals surface area (Å²) in [6.07, 6.45) is 0. The maximum Gasteiger partial charge on any atom is 0.131 e. The van der Waals surface area contributed by atoms with E-state index in [1.54, 1.807) is 14.2 Å². The molecule has 90 valence electrons. The second-order valence-electron chi connectivity index (χ2n) is 3.33. The van der Waals surface area contributed by atoms with Crippen LogP contribution in [0.5, 0.6) is 17.2 Å². The van der Waals surface area contributed by atoms with Crippen molar-refractivity contribution in [1.82, 2.24) is 5.32 Å². The largest absolute Gasteiger partial charge is 0.496 e. The van der Waals surface area contributed by atoms with Gasteiger partial charge in [-0.1, -0.05) is 0 Å². The average Bonchev–Trinajstić information content (AvgIpc) is 2.52. The smallest absolute Gasteiger partial charge is 0.131 e. The van der Waals surface area contributed by atoms with Crippen LogP contribution in [0.1, 0.15) is 5.56 Å². The van der Waals surface area contributed by atoms with Crippen LogP contribution in [0, 0.1) is 0 Å². The van der Waals surface area contributed by atoms with Crippen LogP contribution >= 0.6 is 12.4 Å². The number of benzene rings is 1. The minimum Gasteiger partial charge on any atom is -0.496 e. The van der Waals surface area contributed by atoms with Gasteiger partial charge in [0.15, 0.2) is 0 Å². The normalized spacial score (nSPS) is 13.9. The van der Waals surface area contributed by atoms with Gasteiger partial charge in [0.25, 0.3) is 0 Å². The van der Waals surface area contributed by atoms with E-state index in [-0.39, 0.29) is 12.4 Å². The monoisotopic (exact) mass is 245 g/mol. The molecule has 0 spiro atoms. The van der Waals surface area contributed by atoms with Gasteiger partial charge >= 0.3 is 0 Å². The molecule has 0 saturated heterocycles. The van der Waals surface area contributed by atoms with Crippen molar-refractivity contribution in [2.24, 2.45) is 0 Å². The summed E-state index contributed by atoms with van der Waals surface area (Å²) in [7, 11) is 3.29. The highest BCUT2D eigenvalue weighted by atomic mass is 35.5. The molecule has 0 aromatic heterocycles. The highest BCUT2D eigenvalue weighted by molar-refractivity contribution is 5.85. The van der Waals surface area contributed by atoms with Crippen LogP contribution in [-0.2, 0) is 6.54 Å². The van der Waals surface area contributed by atoms with Crippen molar-refractivity contribution in [1.29, 1.82) is 0 Å². The molecular formula is C11H16ClNO3. The Kier molecular flexibility index (Phi) is 4.71. The fraction of sp³-hybridized carbons (Fsp3) is 0.455. The lowest BCUT2D eigenvalue weighted by atomic mass is 10.1. The predicted octanol–water partition coefficient (Wildman–Crippen LogP) is 1.61. The first-order valence-electron chi connectivity index (χ1n) is 4.93. The molecule has 1 aliphatic heterocycles. The molecule has 0 radical (unpaired) electrons. The lowest BCUT2D eigenvalue weighted by molar-refractivity contribution is 0.320. The summed E-state index contributed by atoms with van der Waals surface area (Å²) in [6.45, 7) is 2.28. The summed E-state index contributed by atoms with van der Waals surface area (Å²) in [5, 5.41) is 3.27. The molecule has 0 atom stereocenters. The van der Waals surface area contributed by atoms with E-state index < -0.39 is 0 Å². The lowest BCUT2D eigenvalue weighted by Gasteiger charge is -2.13. The lowest BCUT2D eigenvalue weighted by Crippen LogP contribution is -2.16. The maximum absolute atomic E-state index is 5.61. The van der Waals surface area contributed by atoms with Crippen LogP contribution in [-0.4, -0.2) is 27.4 Å². The van der Waals surface area contributed by atoms with E-state index in [4.69, 9.17) is 14.2 Å². The summed E-state index contributed by atoms with van der Waals surface area (Å²) in [5.41, 5.74) is 1.05. The Morgan fingerprint density at radius 3 is 2.75 bits per heavy atom. The van der Waals surface area contributed by atoms with Crippen molar-refractivity contribution in [3.8, 4) is 17.2 Å². The Balaban J connectivity index is 0.00000128. The predicted molar refractivity (Wildman–Crippen MR) is 64.0 cm³/mol. The van der Waals surface area contributed by atoms with Gasteiger partial charge in [-0.2, -0.15) is 0 Å². The first-order valence-corrected chi connectivity index (χ1v) is 4.93. The minimum absolute atomic E-state index is 0. The van der Waals surface area contributed by atoms with E-state index >= 15 is 0 Å². The second kappa shape index (κ2) is 5.82. The number of fused-ring (bicyclic) bond motifs is 1. The fourth-order valence-electron chi connectivity index (χ4n) is 1.65. The van der Waals surface area contributed by atoms with Crippen LogP contribution in [0.4, 0.5) is 0 Å². The van der Waals surface area contributed by atoms with Crippen LogP contribution in [0.2, 0.25) is 0 Å². The number of rotatable bonds is 2. The van der Waals surface area contributed by atoms with E-state index in [9.17, 15) is 0 Å². The molecule has 0 bridgehead atoms. The van der Waals surface area contributed by atoms with E-state index in [1.807, 2.05) is 12.1 Å². The van der Waals surface area contributed by atoms with Gasteiger partial charge in [-0.25, -0.2) is 0 Å². The number of methoxy groups -OCH3 is 2. The summed E-state index contributed by atoms with van der Waals surface area (Å²) in [5.74, 6) is 2.41. The second-order valence-corrected chi connectivity index (χ2v) is 3.33. The zero-order chi connectivity index (χ0) is 10.7. The SMILES string of the molecule is COc1cc(OC)c2c(c1)OCCNC2.Cl. The highest BCUT2D eigenvalue weighted by Crippen LogP contribution is 2.34. The molecule has 0 saturated carbocycles. The first kappa shape index (κ1) is 12.9. The highest BCUT2D eigenvalue weighted by Gasteiger charge is 2.15. The van der Waals surface area contributed by atoms with Gasteiger partial charge in [-0.3, -0.25) is 0 Å². The Labute approximate surface area is 101 Å². The van der Waals surface area contributed by atoms with Crippen molar-refractivity contribution in [3.63, 3.8) is 0 Å². The third kappa shape index (κ3) is 2.51. The van der Waals surface area contributed by atoms with E-state index in [0.717, 1.165) is 35.9 Å². The van der Waals surface area contributed by atoms with E-state index in [2.05, 4.69) is 5.32 Å². The van der Waals surface area contributed by atoms with Crippen LogP contribution in [0.15, 0.2) is 12.1 Å². The molecule has 0 fully saturated rings. The molecule has 1 aliphatic rings. The summed E-state index contributed by atoms with van der Waals surface area (Å²) < 4.78 is 16.1. The third-order valence-corrected chi connectivity index (χ3v) is 2.44. The standard InChI is InChI=1S/C11H15NO3.ClH/c1-13-8-5-10(14-2)9-7-12-3-4-15-11(9)6-8;/h5-6,12H,3-4,7H2,1-2H3;1H. The molecule has 0 aliphatic carbocycles. The van der Waals surface area contributed by atoms with Gasteiger partial charge in [0.2, 0.25) is 0 Å². The molecular weight excluding hydrogens is 230 g/mol. The van der Waals surface area contributed by atoms with Crippen LogP contribution in [0.3, 0.4) is 0 Å². The molecule has 1 heterocycles. The van der Waals surface area contributed by atoms with Crippen molar-refractivity contribution >= 4 is 12.4 Å². The summed E-state index contributed by atoms with van der Waals surface area (Å²) in [4.78, 5) is 0. The van der Waals surface area contributed by atoms with Gasteiger partial charge in [0.1, 0.15) is 23.9 Å². The van der Waals surface area contributed by atoms with Crippen molar-refractivity contribution in [3.05, 3.63) is 17.7 Å². The molecule has 5 heteroatoms. The van der Waals surface area contributed by atoms with Gasteiger partial charge in [-0.05, 0) is 0 Å². The number of ether oxygens (including phenoxy) is 3. The number of nitrogens with one attached hydrogen (secondary N) is 1. The zero-order valence-electron chi connectivity index (χ0n) is 9.41. The Hall–Kier alpha value is -1.13. The average molecular weight is 246 g/mol. The summed E-state index contributed by atoms with van der Waals surface area (Å²) in [6, 6.07) is 3.76. The number of hydrogen-bond acceptors (Lipinski definition) is 4. The minimum atomic E-state index is 0.